The van der Waals surface area contributed by atoms with E-state index in [2.05, 4.69) is 5.10 Å². The molecule has 29 heavy (non-hydrogen) atoms. The quantitative estimate of drug-likeness (QED) is 0.714. The van der Waals surface area contributed by atoms with Crippen molar-refractivity contribution in [1.29, 1.82) is 0 Å². The van der Waals surface area contributed by atoms with Crippen LogP contribution in [-0.2, 0) is 4.79 Å². The number of hydrogen-bond donors (Lipinski definition) is 1. The van der Waals surface area contributed by atoms with E-state index in [-0.39, 0.29) is 16.5 Å². The molecule has 0 saturated carbocycles. The van der Waals surface area contributed by atoms with Crippen LogP contribution in [0.4, 0.5) is 5.69 Å². The van der Waals surface area contributed by atoms with E-state index < -0.39 is 5.97 Å². The highest BCUT2D eigenvalue weighted by Gasteiger charge is 2.30. The van der Waals surface area contributed by atoms with Crippen molar-refractivity contribution in [2.24, 2.45) is 5.10 Å². The fourth-order valence-electron chi connectivity index (χ4n) is 2.93. The second kappa shape index (κ2) is 8.36. The van der Waals surface area contributed by atoms with Crippen LogP contribution in [0.5, 0.6) is 11.5 Å². The molecule has 0 radical (unpaired) electrons. The number of halogens is 1. The zero-order chi connectivity index (χ0) is 21.1. The highest BCUT2D eigenvalue weighted by molar-refractivity contribution is 6.34. The van der Waals surface area contributed by atoms with Gasteiger partial charge in [0.1, 0.15) is 0 Å². The lowest BCUT2D eigenvalue weighted by molar-refractivity contribution is -0.114. The van der Waals surface area contributed by atoms with Crippen molar-refractivity contribution < 1.29 is 24.2 Å². The van der Waals surface area contributed by atoms with Crippen LogP contribution in [0, 0.1) is 0 Å². The lowest BCUT2D eigenvalue weighted by Crippen LogP contribution is -2.21. The maximum atomic E-state index is 13.0. The first-order valence-corrected chi connectivity index (χ1v) is 9.19. The molecule has 0 unspecified atom stereocenters. The first-order chi connectivity index (χ1) is 13.9. The summed E-state index contributed by atoms with van der Waals surface area (Å²) in [5.41, 5.74) is 1.75. The number of carboxylic acids is 1. The highest BCUT2D eigenvalue weighted by Crippen LogP contribution is 2.34. The number of methoxy groups -OCH3 is 1. The summed E-state index contributed by atoms with van der Waals surface area (Å²) in [5, 5.41) is 14.8. The maximum absolute atomic E-state index is 13.0. The van der Waals surface area contributed by atoms with E-state index in [1.165, 1.54) is 12.1 Å². The molecule has 1 heterocycles. The Hall–Kier alpha value is -3.32. The Morgan fingerprint density at radius 1 is 1.31 bits per heavy atom. The van der Waals surface area contributed by atoms with Crippen LogP contribution >= 0.6 is 11.6 Å². The summed E-state index contributed by atoms with van der Waals surface area (Å²) in [6, 6.07) is 9.68. The molecule has 0 aromatic heterocycles. The summed E-state index contributed by atoms with van der Waals surface area (Å²) < 4.78 is 11.0. The van der Waals surface area contributed by atoms with Gasteiger partial charge in [0, 0.05) is 5.56 Å². The van der Waals surface area contributed by atoms with Gasteiger partial charge in [0.25, 0.3) is 5.91 Å². The molecule has 1 amide bonds. The summed E-state index contributed by atoms with van der Waals surface area (Å²) in [6.45, 7) is 4.00. The van der Waals surface area contributed by atoms with Crippen LogP contribution in [-0.4, -0.2) is 36.4 Å². The number of ether oxygens (including phenoxy) is 2. The third-order valence-electron chi connectivity index (χ3n) is 4.31. The molecule has 8 heteroatoms. The Morgan fingerprint density at radius 3 is 2.72 bits per heavy atom. The normalized spacial score (nSPS) is 14.9. The van der Waals surface area contributed by atoms with E-state index in [0.29, 0.717) is 40.6 Å². The minimum Gasteiger partial charge on any atom is -0.493 e. The molecule has 7 nitrogen and oxygen atoms in total. The van der Waals surface area contributed by atoms with Crippen molar-refractivity contribution in [1.82, 2.24) is 0 Å². The Kier molecular flexibility index (Phi) is 5.89. The molecule has 0 atom stereocenters. The average Bonchev–Trinajstić information content (AvgIpc) is 2.97. The Balaban J connectivity index is 2.02. The number of para-hydroxylation sites is 1. The third-order valence-corrected chi connectivity index (χ3v) is 4.63. The first kappa shape index (κ1) is 20.4. The first-order valence-electron chi connectivity index (χ1n) is 8.81. The summed E-state index contributed by atoms with van der Waals surface area (Å²) in [4.78, 5) is 24.3. The minimum absolute atomic E-state index is 0.0853. The maximum Gasteiger partial charge on any atom is 0.337 e. The number of anilines is 1. The van der Waals surface area contributed by atoms with Crippen LogP contribution in [0.1, 0.15) is 29.8 Å². The predicted molar refractivity (Wildman–Crippen MR) is 111 cm³/mol. The topological polar surface area (TPSA) is 88.4 Å². The number of carboxylic acid groups (broad SMARTS) is 1. The van der Waals surface area contributed by atoms with Crippen LogP contribution in [0.15, 0.2) is 47.1 Å². The Bertz CT molecular complexity index is 1050. The molecular formula is C21H19ClN2O5. The minimum atomic E-state index is -1.18. The van der Waals surface area contributed by atoms with Gasteiger partial charge >= 0.3 is 5.97 Å². The molecule has 1 aliphatic heterocycles. The molecule has 2 aromatic carbocycles. The number of hydrogen-bond acceptors (Lipinski definition) is 5. The average molecular weight is 415 g/mol. The summed E-state index contributed by atoms with van der Waals surface area (Å²) in [6.07, 6.45) is 1.68. The molecule has 0 fully saturated rings. The molecule has 2 aromatic rings. The molecule has 0 aliphatic carbocycles. The number of benzene rings is 2. The molecule has 1 aliphatic rings. The van der Waals surface area contributed by atoms with Gasteiger partial charge < -0.3 is 14.6 Å². The van der Waals surface area contributed by atoms with Gasteiger partial charge in [-0.05, 0) is 44.2 Å². The van der Waals surface area contributed by atoms with Crippen molar-refractivity contribution in [3.63, 3.8) is 0 Å². The van der Waals surface area contributed by atoms with E-state index in [1.807, 2.05) is 13.0 Å². The lowest BCUT2D eigenvalue weighted by atomic mass is 10.1. The van der Waals surface area contributed by atoms with Crippen LogP contribution < -0.4 is 14.5 Å². The zero-order valence-corrected chi connectivity index (χ0v) is 16.9. The van der Waals surface area contributed by atoms with Gasteiger partial charge in [0.05, 0.1) is 41.3 Å². The van der Waals surface area contributed by atoms with Crippen LogP contribution in [0.2, 0.25) is 5.02 Å². The number of amides is 1. The number of rotatable bonds is 6. The Morgan fingerprint density at radius 2 is 2.07 bits per heavy atom. The molecule has 0 spiro atoms. The van der Waals surface area contributed by atoms with Gasteiger partial charge in [-0.3, -0.25) is 4.79 Å². The fourth-order valence-corrected chi connectivity index (χ4v) is 3.13. The van der Waals surface area contributed by atoms with Crippen LogP contribution in [0.3, 0.4) is 0 Å². The largest absolute Gasteiger partial charge is 0.493 e. The lowest BCUT2D eigenvalue weighted by Gasteiger charge is -2.14. The van der Waals surface area contributed by atoms with Crippen molar-refractivity contribution in [3.8, 4) is 11.5 Å². The summed E-state index contributed by atoms with van der Waals surface area (Å²) >= 11 is 5.92. The number of carbonyl (C=O) groups is 2. The van der Waals surface area contributed by atoms with E-state index in [0.717, 1.165) is 5.01 Å². The highest BCUT2D eigenvalue weighted by atomic mass is 35.5. The number of aromatic carboxylic acids is 1. The SMILES string of the molecule is CCOc1c(/C=C2\C(=O)N(c3ccc(Cl)c(C(=O)O)c3)N=C2C)cccc1OC. The summed E-state index contributed by atoms with van der Waals surface area (Å²) in [5.74, 6) is -0.477. The van der Waals surface area contributed by atoms with E-state index in [9.17, 15) is 14.7 Å². The molecule has 0 saturated heterocycles. The van der Waals surface area contributed by atoms with Crippen molar-refractivity contribution in [2.75, 3.05) is 18.7 Å². The van der Waals surface area contributed by atoms with Gasteiger partial charge in [0.2, 0.25) is 0 Å². The Labute approximate surface area is 172 Å². The van der Waals surface area contributed by atoms with E-state index in [4.69, 9.17) is 21.1 Å². The molecule has 150 valence electrons. The van der Waals surface area contributed by atoms with Crippen molar-refractivity contribution in [3.05, 3.63) is 58.1 Å². The van der Waals surface area contributed by atoms with Gasteiger partial charge in [-0.25, -0.2) is 4.79 Å². The summed E-state index contributed by atoms with van der Waals surface area (Å²) in [7, 11) is 1.55. The van der Waals surface area contributed by atoms with Gasteiger partial charge in [-0.15, -0.1) is 0 Å². The molecule has 1 N–H and O–H groups in total. The smallest absolute Gasteiger partial charge is 0.337 e. The van der Waals surface area contributed by atoms with Gasteiger partial charge in [0.15, 0.2) is 11.5 Å². The molecular weight excluding hydrogens is 396 g/mol. The second-order valence-corrected chi connectivity index (χ2v) is 6.55. The standard InChI is InChI=1S/C21H19ClN2O5/c1-4-29-19-13(6-5-7-18(19)28-3)10-15-12(2)23-24(20(15)25)14-8-9-17(22)16(11-14)21(26)27/h5-11H,4H2,1-3H3,(H,26,27)/b15-10-. The number of hydrazone groups is 1. The number of nitrogens with zero attached hydrogens (tertiary/aromatic N) is 2. The van der Waals surface area contributed by atoms with Crippen molar-refractivity contribution in [2.45, 2.75) is 13.8 Å². The van der Waals surface area contributed by atoms with Crippen molar-refractivity contribution >= 4 is 41.0 Å². The monoisotopic (exact) mass is 414 g/mol. The number of carbonyl (C=O) groups excluding carboxylic acids is 1. The predicted octanol–water partition coefficient (Wildman–Crippen LogP) is 4.25. The zero-order valence-electron chi connectivity index (χ0n) is 16.1. The van der Waals surface area contributed by atoms with Gasteiger partial charge in [-0.1, -0.05) is 23.7 Å². The van der Waals surface area contributed by atoms with E-state index >= 15 is 0 Å². The van der Waals surface area contributed by atoms with Gasteiger partial charge in [-0.2, -0.15) is 10.1 Å². The molecule has 0 bridgehead atoms. The third kappa shape index (κ3) is 3.95. The van der Waals surface area contributed by atoms with Crippen LogP contribution in [0.25, 0.3) is 6.08 Å². The fraction of sp³-hybridized carbons (Fsp3) is 0.190. The second-order valence-electron chi connectivity index (χ2n) is 6.14. The molecule has 3 rings (SSSR count). The van der Waals surface area contributed by atoms with E-state index in [1.54, 1.807) is 38.3 Å².